The fourth-order valence-electron chi connectivity index (χ4n) is 4.23. The van der Waals surface area contributed by atoms with Crippen LogP contribution in [0.4, 0.5) is 8.78 Å². The van der Waals surface area contributed by atoms with Crippen molar-refractivity contribution in [3.05, 3.63) is 39.7 Å². The number of hydrogen-bond donors (Lipinski definition) is 1. The van der Waals surface area contributed by atoms with E-state index in [4.69, 9.17) is 16.3 Å². The second-order valence-electron chi connectivity index (χ2n) is 7.80. The maximum absolute atomic E-state index is 13.3. The van der Waals surface area contributed by atoms with Crippen molar-refractivity contribution in [3.8, 4) is 5.75 Å². The molecule has 1 amide bonds. The van der Waals surface area contributed by atoms with E-state index in [1.165, 1.54) is 7.05 Å². The number of hydrogen-bond acceptors (Lipinski definition) is 5. The van der Waals surface area contributed by atoms with Crippen molar-refractivity contribution in [2.45, 2.75) is 38.8 Å². The third kappa shape index (κ3) is 3.88. The molecule has 0 bridgehead atoms. The van der Waals surface area contributed by atoms with E-state index >= 15 is 0 Å². The minimum Gasteiger partial charge on any atom is -0.487 e. The Balaban J connectivity index is 1.60. The molecule has 2 aliphatic heterocycles. The Kier molecular flexibility index (Phi) is 5.92. The van der Waals surface area contributed by atoms with Crippen LogP contribution in [0.3, 0.4) is 0 Å². The molecule has 2 aliphatic rings. The second-order valence-corrected chi connectivity index (χ2v) is 8.21. The van der Waals surface area contributed by atoms with E-state index < -0.39 is 6.43 Å². The summed E-state index contributed by atoms with van der Waals surface area (Å²) in [6.45, 7) is 3.78. The molecular weight excluding hydrogens is 416 g/mol. The molecule has 0 unspecified atom stereocenters. The van der Waals surface area contributed by atoms with E-state index in [1.807, 2.05) is 11.8 Å². The highest BCUT2D eigenvalue weighted by Gasteiger charge is 2.33. The van der Waals surface area contributed by atoms with E-state index in [2.05, 4.69) is 15.6 Å². The molecule has 1 fully saturated rings. The minimum atomic E-state index is -2.69. The number of fused-ring (bicyclic) bond motifs is 1. The molecule has 2 aromatic rings. The standard InChI is InChI=1S/C20H24ClF2N5O2/c1-11-6-8-28(20(11)29)9-14-17-12(5-7-24-14)13(21)3-4-16(17)30-10-15-18(19(22)23)27(2)26-25-15/h3-4,11,14,19,24H,5-10H2,1-2H3/t11-,14-/m1/s1. The van der Waals surface area contributed by atoms with Crippen LogP contribution >= 0.6 is 11.6 Å². The molecule has 7 nitrogen and oxygen atoms in total. The van der Waals surface area contributed by atoms with Crippen molar-refractivity contribution in [1.29, 1.82) is 0 Å². The molecule has 0 saturated carbocycles. The van der Waals surface area contributed by atoms with Crippen molar-refractivity contribution in [1.82, 2.24) is 25.2 Å². The number of nitrogens with one attached hydrogen (secondary N) is 1. The van der Waals surface area contributed by atoms with Crippen LogP contribution in [0.25, 0.3) is 0 Å². The van der Waals surface area contributed by atoms with Crippen molar-refractivity contribution >= 4 is 17.5 Å². The highest BCUT2D eigenvalue weighted by Crippen LogP contribution is 2.38. The number of carbonyl (C=O) groups excluding carboxylic acids is 1. The summed E-state index contributed by atoms with van der Waals surface area (Å²) in [6, 6.07) is 3.35. The summed E-state index contributed by atoms with van der Waals surface area (Å²) in [5, 5.41) is 11.6. The predicted octanol–water partition coefficient (Wildman–Crippen LogP) is 3.04. The molecule has 0 aliphatic carbocycles. The molecule has 1 aromatic heterocycles. The molecule has 1 aromatic carbocycles. The Labute approximate surface area is 178 Å². The van der Waals surface area contributed by atoms with Gasteiger partial charge >= 0.3 is 0 Å². The smallest absolute Gasteiger partial charge is 0.282 e. The Morgan fingerprint density at radius 1 is 1.40 bits per heavy atom. The number of rotatable bonds is 6. The molecule has 30 heavy (non-hydrogen) atoms. The van der Waals surface area contributed by atoms with Gasteiger partial charge in [0.2, 0.25) is 5.91 Å². The quantitative estimate of drug-likeness (QED) is 0.749. The van der Waals surface area contributed by atoms with Crippen LogP contribution in [0, 0.1) is 5.92 Å². The number of ether oxygens (including phenoxy) is 1. The highest BCUT2D eigenvalue weighted by atomic mass is 35.5. The molecule has 162 valence electrons. The molecular formula is C20H24ClF2N5O2. The summed E-state index contributed by atoms with van der Waals surface area (Å²) in [7, 11) is 1.43. The summed E-state index contributed by atoms with van der Waals surface area (Å²) in [6.07, 6.45) is -1.12. The fraction of sp³-hybridized carbons (Fsp3) is 0.550. The average Bonchev–Trinajstić information content (AvgIpc) is 3.24. The van der Waals surface area contributed by atoms with Crippen LogP contribution < -0.4 is 10.1 Å². The van der Waals surface area contributed by atoms with Gasteiger partial charge in [-0.2, -0.15) is 0 Å². The van der Waals surface area contributed by atoms with Crippen LogP contribution in [0.1, 0.15) is 48.3 Å². The van der Waals surface area contributed by atoms with E-state index in [-0.39, 0.29) is 35.9 Å². The van der Waals surface area contributed by atoms with Gasteiger partial charge in [0.1, 0.15) is 23.7 Å². The lowest BCUT2D eigenvalue weighted by Gasteiger charge is -2.32. The van der Waals surface area contributed by atoms with Gasteiger partial charge in [-0.15, -0.1) is 5.10 Å². The lowest BCUT2D eigenvalue weighted by molar-refractivity contribution is -0.130. The van der Waals surface area contributed by atoms with Crippen molar-refractivity contribution in [2.24, 2.45) is 13.0 Å². The number of carbonyl (C=O) groups is 1. The molecule has 1 saturated heterocycles. The first kappa shape index (κ1) is 21.0. The molecule has 0 radical (unpaired) electrons. The van der Waals surface area contributed by atoms with Gasteiger partial charge in [-0.3, -0.25) is 4.79 Å². The summed E-state index contributed by atoms with van der Waals surface area (Å²) in [5.74, 6) is 0.735. The maximum Gasteiger partial charge on any atom is 0.282 e. The normalized spacial score (nSPS) is 21.4. The van der Waals surface area contributed by atoms with E-state index in [0.29, 0.717) is 17.3 Å². The van der Waals surface area contributed by atoms with Gasteiger partial charge in [0.05, 0.1) is 6.04 Å². The zero-order valence-electron chi connectivity index (χ0n) is 16.9. The first-order valence-corrected chi connectivity index (χ1v) is 10.4. The van der Waals surface area contributed by atoms with Crippen molar-refractivity contribution < 1.29 is 18.3 Å². The van der Waals surface area contributed by atoms with Gasteiger partial charge in [-0.05, 0) is 37.1 Å². The zero-order chi connectivity index (χ0) is 21.4. The lowest BCUT2D eigenvalue weighted by Crippen LogP contribution is -2.40. The van der Waals surface area contributed by atoms with Crippen LogP contribution in [-0.2, 0) is 24.9 Å². The van der Waals surface area contributed by atoms with Crippen molar-refractivity contribution in [2.75, 3.05) is 19.6 Å². The molecule has 2 atom stereocenters. The van der Waals surface area contributed by atoms with E-state index in [1.54, 1.807) is 12.1 Å². The largest absolute Gasteiger partial charge is 0.487 e. The second kappa shape index (κ2) is 8.47. The number of alkyl halides is 2. The number of benzene rings is 1. The highest BCUT2D eigenvalue weighted by molar-refractivity contribution is 6.31. The first-order chi connectivity index (χ1) is 14.4. The molecule has 3 heterocycles. The van der Waals surface area contributed by atoms with Crippen molar-refractivity contribution in [3.63, 3.8) is 0 Å². The Hall–Kier alpha value is -2.26. The van der Waals surface area contributed by atoms with Gasteiger partial charge < -0.3 is 15.0 Å². The predicted molar refractivity (Wildman–Crippen MR) is 107 cm³/mol. The van der Waals surface area contributed by atoms with E-state index in [0.717, 1.165) is 41.7 Å². The fourth-order valence-corrected chi connectivity index (χ4v) is 4.49. The number of halogens is 3. The van der Waals surface area contributed by atoms with Gasteiger partial charge in [0, 0.05) is 36.6 Å². The number of aryl methyl sites for hydroxylation is 1. The van der Waals surface area contributed by atoms with Crippen LogP contribution in [0.2, 0.25) is 5.02 Å². The lowest BCUT2D eigenvalue weighted by atomic mass is 9.92. The number of nitrogens with zero attached hydrogens (tertiary/aromatic N) is 4. The van der Waals surface area contributed by atoms with Crippen LogP contribution in [0.15, 0.2) is 12.1 Å². The van der Waals surface area contributed by atoms with Gasteiger partial charge in [-0.1, -0.05) is 23.7 Å². The number of amides is 1. The Bertz CT molecular complexity index is 952. The Morgan fingerprint density at radius 2 is 2.20 bits per heavy atom. The molecule has 0 spiro atoms. The minimum absolute atomic E-state index is 0.0348. The SMILES string of the molecule is C[C@@H]1CCN(C[C@H]2NCCc3c(Cl)ccc(OCc4nnn(C)c4C(F)F)c32)C1=O. The maximum atomic E-state index is 13.3. The summed E-state index contributed by atoms with van der Waals surface area (Å²) < 4.78 is 33.6. The summed E-state index contributed by atoms with van der Waals surface area (Å²) >= 11 is 6.45. The number of aromatic nitrogens is 3. The summed E-state index contributed by atoms with van der Waals surface area (Å²) in [4.78, 5) is 14.3. The van der Waals surface area contributed by atoms with E-state index in [9.17, 15) is 13.6 Å². The topological polar surface area (TPSA) is 72.3 Å². The first-order valence-electron chi connectivity index (χ1n) is 9.99. The third-order valence-electron chi connectivity index (χ3n) is 5.86. The van der Waals surface area contributed by atoms with Gasteiger partial charge in [-0.25, -0.2) is 13.5 Å². The third-order valence-corrected chi connectivity index (χ3v) is 6.21. The molecule has 1 N–H and O–H groups in total. The Morgan fingerprint density at radius 3 is 2.90 bits per heavy atom. The summed E-state index contributed by atoms with van der Waals surface area (Å²) in [5.41, 5.74) is 1.68. The monoisotopic (exact) mass is 439 g/mol. The van der Waals surface area contributed by atoms with Crippen LogP contribution in [0.5, 0.6) is 5.75 Å². The average molecular weight is 440 g/mol. The van der Waals surface area contributed by atoms with Crippen LogP contribution in [-0.4, -0.2) is 45.4 Å². The molecule has 10 heteroatoms. The van der Waals surface area contributed by atoms with Gasteiger partial charge in [0.25, 0.3) is 6.43 Å². The molecule has 4 rings (SSSR count). The van der Waals surface area contributed by atoms with Gasteiger partial charge in [0.15, 0.2) is 0 Å². The number of likely N-dealkylation sites (tertiary alicyclic amines) is 1. The zero-order valence-corrected chi connectivity index (χ0v) is 17.6.